The Hall–Kier alpha value is -1.96. The Labute approximate surface area is 152 Å². The second-order valence-electron chi connectivity index (χ2n) is 5.28. The van der Waals surface area contributed by atoms with Gasteiger partial charge in [-0.2, -0.15) is 0 Å². The number of ether oxygens (including phenoxy) is 2. The highest BCUT2D eigenvalue weighted by molar-refractivity contribution is 6.39. The van der Waals surface area contributed by atoms with Gasteiger partial charge in [-0.1, -0.05) is 11.6 Å². The molecular formula is C17H23ClN4O3. The van der Waals surface area contributed by atoms with Gasteiger partial charge in [0.25, 0.3) is 5.91 Å². The number of carbonyl (C=O) groups excluding carboxylic acids is 1. The van der Waals surface area contributed by atoms with Gasteiger partial charge in [0, 0.05) is 38.9 Å². The van der Waals surface area contributed by atoms with Crippen LogP contribution in [0.4, 0.5) is 5.82 Å². The van der Waals surface area contributed by atoms with Crippen molar-refractivity contribution in [2.75, 3.05) is 39.2 Å². The lowest BCUT2D eigenvalue weighted by Gasteiger charge is -2.22. The van der Waals surface area contributed by atoms with Gasteiger partial charge in [-0.15, -0.1) is 0 Å². The summed E-state index contributed by atoms with van der Waals surface area (Å²) in [5.41, 5.74) is 0.800. The number of carbonyl (C=O) groups is 1. The van der Waals surface area contributed by atoms with E-state index in [1.807, 2.05) is 13.8 Å². The summed E-state index contributed by atoms with van der Waals surface area (Å²) in [5, 5.41) is 4.08. The first-order chi connectivity index (χ1) is 12.1. The molecule has 0 saturated heterocycles. The number of nitrogens with one attached hydrogen (secondary N) is 1. The smallest absolute Gasteiger partial charge is 0.259 e. The van der Waals surface area contributed by atoms with Crippen LogP contribution in [0.3, 0.4) is 0 Å². The molecule has 1 N–H and O–H groups in total. The number of fused-ring (bicyclic) bond motifs is 1. The second-order valence-corrected chi connectivity index (χ2v) is 5.66. The van der Waals surface area contributed by atoms with Gasteiger partial charge in [-0.05, 0) is 26.0 Å². The second kappa shape index (κ2) is 8.94. The molecule has 8 heteroatoms. The third kappa shape index (κ3) is 4.18. The molecule has 1 amide bonds. The van der Waals surface area contributed by atoms with Gasteiger partial charge in [0.1, 0.15) is 11.4 Å². The summed E-state index contributed by atoms with van der Waals surface area (Å²) in [5.74, 6) is 0.189. The third-order valence-corrected chi connectivity index (χ3v) is 4.32. The Kier molecular flexibility index (Phi) is 6.92. The van der Waals surface area contributed by atoms with Crippen molar-refractivity contribution in [2.45, 2.75) is 20.1 Å². The van der Waals surface area contributed by atoms with Gasteiger partial charge >= 0.3 is 0 Å². The van der Waals surface area contributed by atoms with Crippen molar-refractivity contribution >= 4 is 34.4 Å². The molecule has 2 heterocycles. The number of aromatic nitrogens is 2. The van der Waals surface area contributed by atoms with Crippen molar-refractivity contribution in [1.29, 1.82) is 0 Å². The molecule has 0 fully saturated rings. The number of rotatable bonds is 8. The lowest BCUT2D eigenvalue weighted by Crippen LogP contribution is -2.32. The molecule has 2 rings (SSSR count). The van der Waals surface area contributed by atoms with Crippen LogP contribution in [0.15, 0.2) is 18.3 Å². The summed E-state index contributed by atoms with van der Waals surface area (Å²) in [6.07, 6.45) is 1.16. The zero-order chi connectivity index (χ0) is 18.4. The number of hydrogen-bond acceptors (Lipinski definition) is 6. The molecule has 0 atom stereocenters. The highest BCUT2D eigenvalue weighted by Gasteiger charge is 2.24. The molecule has 0 aliphatic heterocycles. The van der Waals surface area contributed by atoms with Gasteiger partial charge in [0.15, 0.2) is 11.9 Å². The topological polar surface area (TPSA) is 76.6 Å². The van der Waals surface area contributed by atoms with Crippen LogP contribution >= 0.6 is 11.6 Å². The summed E-state index contributed by atoms with van der Waals surface area (Å²) in [7, 11) is 3.08. The Morgan fingerprint density at radius 2 is 2.00 bits per heavy atom. The number of anilines is 1. The average Bonchev–Trinajstić information content (AvgIpc) is 2.63. The van der Waals surface area contributed by atoms with E-state index in [4.69, 9.17) is 21.1 Å². The van der Waals surface area contributed by atoms with E-state index in [1.165, 1.54) is 0 Å². The lowest BCUT2D eigenvalue weighted by molar-refractivity contribution is -0.0914. The first-order valence-electron chi connectivity index (χ1n) is 8.10. The quantitative estimate of drug-likeness (QED) is 0.724. The van der Waals surface area contributed by atoms with Gasteiger partial charge in [-0.3, -0.25) is 4.79 Å². The Morgan fingerprint density at radius 1 is 1.32 bits per heavy atom. The maximum atomic E-state index is 13.0. The van der Waals surface area contributed by atoms with Crippen LogP contribution < -0.4 is 5.32 Å². The Morgan fingerprint density at radius 3 is 2.60 bits per heavy atom. The number of hydrogen-bond donors (Lipinski definition) is 1. The molecule has 0 saturated carbocycles. The van der Waals surface area contributed by atoms with E-state index in [1.54, 1.807) is 37.4 Å². The highest BCUT2D eigenvalue weighted by Crippen LogP contribution is 2.31. The summed E-state index contributed by atoms with van der Waals surface area (Å²) in [6.45, 7) is 5.31. The molecule has 0 aromatic carbocycles. The minimum Gasteiger partial charge on any atom is -0.364 e. The zero-order valence-corrected chi connectivity index (χ0v) is 15.6. The molecule has 25 heavy (non-hydrogen) atoms. The van der Waals surface area contributed by atoms with Crippen molar-refractivity contribution in [2.24, 2.45) is 0 Å². The van der Waals surface area contributed by atoms with Gasteiger partial charge in [0.2, 0.25) is 0 Å². The van der Waals surface area contributed by atoms with Crippen molar-refractivity contribution in [3.05, 3.63) is 28.9 Å². The summed E-state index contributed by atoms with van der Waals surface area (Å²) in [6, 6.07) is 3.56. The fraction of sp³-hybridized carbons (Fsp3) is 0.471. The fourth-order valence-corrected chi connectivity index (χ4v) is 2.81. The molecule has 0 radical (unpaired) electrons. The average molecular weight is 367 g/mol. The first kappa shape index (κ1) is 19.4. The lowest BCUT2D eigenvalue weighted by atomic mass is 10.1. The minimum absolute atomic E-state index is 0.179. The number of amides is 1. The molecule has 0 bridgehead atoms. The van der Waals surface area contributed by atoms with Crippen molar-refractivity contribution < 1.29 is 14.3 Å². The molecule has 136 valence electrons. The minimum atomic E-state index is -0.476. The zero-order valence-electron chi connectivity index (χ0n) is 14.9. The molecule has 2 aromatic heterocycles. The molecular weight excluding hydrogens is 344 g/mol. The van der Waals surface area contributed by atoms with Crippen molar-refractivity contribution in [1.82, 2.24) is 14.9 Å². The highest BCUT2D eigenvalue weighted by atomic mass is 35.5. The standard InChI is InChI=1S/C17H23ClN4O3/c1-5-22(6-2)17(23)13-14(18)11-8-7-9-19-15(11)21-16(13)20-10-12(24-3)25-4/h7-9,12H,5-6,10H2,1-4H3,(H,19,20,21). The largest absolute Gasteiger partial charge is 0.364 e. The van der Waals surface area contributed by atoms with Crippen LogP contribution in [0.2, 0.25) is 5.02 Å². The Balaban J connectivity index is 2.52. The maximum absolute atomic E-state index is 13.0. The normalized spacial score (nSPS) is 11.1. The van der Waals surface area contributed by atoms with E-state index in [0.29, 0.717) is 47.1 Å². The molecule has 0 unspecified atom stereocenters. The van der Waals surface area contributed by atoms with Crippen LogP contribution in [-0.4, -0.2) is 60.9 Å². The first-order valence-corrected chi connectivity index (χ1v) is 8.48. The summed E-state index contributed by atoms with van der Waals surface area (Å²) >= 11 is 6.55. The van der Waals surface area contributed by atoms with E-state index in [-0.39, 0.29) is 5.91 Å². The summed E-state index contributed by atoms with van der Waals surface area (Å²) < 4.78 is 10.3. The monoisotopic (exact) mass is 366 g/mol. The maximum Gasteiger partial charge on any atom is 0.259 e. The third-order valence-electron chi connectivity index (χ3n) is 3.92. The molecule has 7 nitrogen and oxygen atoms in total. The number of halogens is 1. The molecule has 0 aliphatic rings. The number of methoxy groups -OCH3 is 2. The predicted octanol–water partition coefficient (Wildman–Crippen LogP) is 2.80. The van der Waals surface area contributed by atoms with E-state index < -0.39 is 6.29 Å². The predicted molar refractivity (Wildman–Crippen MR) is 98.1 cm³/mol. The number of nitrogens with zero attached hydrogens (tertiary/aromatic N) is 3. The fourth-order valence-electron chi connectivity index (χ4n) is 2.49. The van der Waals surface area contributed by atoms with Crippen LogP contribution in [0.5, 0.6) is 0 Å². The van der Waals surface area contributed by atoms with E-state index >= 15 is 0 Å². The van der Waals surface area contributed by atoms with Crippen molar-refractivity contribution in [3.8, 4) is 0 Å². The van der Waals surface area contributed by atoms with E-state index in [0.717, 1.165) is 0 Å². The van der Waals surface area contributed by atoms with Crippen LogP contribution in [0, 0.1) is 0 Å². The Bertz CT molecular complexity index is 733. The van der Waals surface area contributed by atoms with Crippen LogP contribution in [-0.2, 0) is 9.47 Å². The van der Waals surface area contributed by atoms with Gasteiger partial charge in [0.05, 0.1) is 11.6 Å². The summed E-state index contributed by atoms with van der Waals surface area (Å²) in [4.78, 5) is 23.4. The SMILES string of the molecule is CCN(CC)C(=O)c1c(NCC(OC)OC)nc2ncccc2c1Cl. The van der Waals surface area contributed by atoms with Gasteiger partial charge in [-0.25, -0.2) is 9.97 Å². The molecule has 2 aromatic rings. The molecule has 0 aliphatic carbocycles. The molecule has 0 spiro atoms. The number of pyridine rings is 2. The van der Waals surface area contributed by atoms with E-state index in [2.05, 4.69) is 15.3 Å². The van der Waals surface area contributed by atoms with Crippen LogP contribution in [0.1, 0.15) is 24.2 Å². The van der Waals surface area contributed by atoms with Crippen LogP contribution in [0.25, 0.3) is 11.0 Å². The van der Waals surface area contributed by atoms with Gasteiger partial charge < -0.3 is 19.7 Å². The van der Waals surface area contributed by atoms with Crippen molar-refractivity contribution in [3.63, 3.8) is 0 Å². The van der Waals surface area contributed by atoms with E-state index in [9.17, 15) is 4.79 Å².